The highest BCUT2D eigenvalue weighted by Gasteiger charge is 2.46. The fourth-order valence-electron chi connectivity index (χ4n) is 5.67. The first-order valence-corrected chi connectivity index (χ1v) is 15.3. The molecule has 0 unspecified atom stereocenters. The molecule has 1 aromatic heterocycles. The van der Waals surface area contributed by atoms with Crippen molar-refractivity contribution in [2.24, 2.45) is 0 Å². The van der Waals surface area contributed by atoms with Crippen LogP contribution < -0.4 is 16.4 Å². The Balaban J connectivity index is 1.29. The van der Waals surface area contributed by atoms with Crippen LogP contribution in [0.5, 0.6) is 0 Å². The molecule has 9 nitrogen and oxygen atoms in total. The van der Waals surface area contributed by atoms with Crippen LogP contribution in [0.25, 0.3) is 10.1 Å². The number of nitrogens with zero attached hydrogens (tertiary/aromatic N) is 2. The monoisotopic (exact) mass is 577 g/mol. The molecule has 5 rings (SSSR count). The van der Waals surface area contributed by atoms with Crippen LogP contribution in [0.15, 0.2) is 54.6 Å². The molecule has 2 heterocycles. The molecule has 1 aliphatic heterocycles. The Kier molecular flexibility index (Phi) is 9.53. The minimum absolute atomic E-state index is 0.234. The maximum absolute atomic E-state index is 14.2. The number of thiophene rings is 1. The molecule has 2 aromatic carbocycles. The third-order valence-corrected chi connectivity index (χ3v) is 9.07. The van der Waals surface area contributed by atoms with E-state index in [0.717, 1.165) is 67.8 Å². The zero-order chi connectivity index (χ0) is 28.7. The molecule has 0 spiro atoms. The smallest absolute Gasteiger partial charge is 0.324 e. The molecule has 2 fully saturated rings. The van der Waals surface area contributed by atoms with Gasteiger partial charge in [0.2, 0.25) is 0 Å². The van der Waals surface area contributed by atoms with Crippen LogP contribution in [0.2, 0.25) is 0 Å². The van der Waals surface area contributed by atoms with E-state index in [2.05, 4.69) is 15.5 Å². The molecule has 1 saturated heterocycles. The van der Waals surface area contributed by atoms with Crippen molar-refractivity contribution in [3.05, 3.63) is 65.0 Å². The Morgan fingerprint density at radius 1 is 1.02 bits per heavy atom. The number of nitrogen functional groups attached to an aromatic ring is 1. The maximum Gasteiger partial charge on any atom is 0.324 e. The number of morpholine rings is 1. The molecule has 41 heavy (non-hydrogen) atoms. The number of fused-ring (bicyclic) bond motifs is 1. The molecule has 4 N–H and O–H groups in total. The van der Waals surface area contributed by atoms with Crippen LogP contribution in [0.4, 0.5) is 10.5 Å². The van der Waals surface area contributed by atoms with Crippen molar-refractivity contribution in [3.8, 4) is 0 Å². The summed E-state index contributed by atoms with van der Waals surface area (Å²) >= 11 is 1.35. The lowest BCUT2D eigenvalue weighted by atomic mass is 9.94. The van der Waals surface area contributed by atoms with Gasteiger partial charge in [-0.25, -0.2) is 4.79 Å². The summed E-state index contributed by atoms with van der Waals surface area (Å²) in [6.07, 6.45) is 3.94. The van der Waals surface area contributed by atoms with E-state index >= 15 is 0 Å². The van der Waals surface area contributed by atoms with E-state index in [4.69, 9.17) is 10.5 Å². The number of hydrogen-bond acceptors (Lipinski definition) is 7. The van der Waals surface area contributed by atoms with Gasteiger partial charge in [-0.15, -0.1) is 11.3 Å². The van der Waals surface area contributed by atoms with Crippen molar-refractivity contribution < 1.29 is 19.1 Å². The van der Waals surface area contributed by atoms with Crippen LogP contribution in [0, 0.1) is 0 Å². The lowest BCUT2D eigenvalue weighted by molar-refractivity contribution is -0.134. The van der Waals surface area contributed by atoms with Crippen molar-refractivity contribution in [2.45, 2.75) is 44.1 Å². The number of ether oxygens (including phenoxy) is 1. The highest BCUT2D eigenvalue weighted by atomic mass is 32.1. The Morgan fingerprint density at radius 3 is 2.54 bits per heavy atom. The molecular weight excluding hydrogens is 538 g/mol. The first-order valence-electron chi connectivity index (χ1n) is 14.5. The number of nitrogens with one attached hydrogen (secondary N) is 2. The van der Waals surface area contributed by atoms with Crippen molar-refractivity contribution in [1.82, 2.24) is 20.4 Å². The lowest BCUT2D eigenvalue weighted by Gasteiger charge is -2.34. The summed E-state index contributed by atoms with van der Waals surface area (Å²) in [6.45, 7) is 4.82. The van der Waals surface area contributed by atoms with E-state index < -0.39 is 11.6 Å². The molecule has 0 radical (unpaired) electrons. The Morgan fingerprint density at radius 2 is 1.78 bits per heavy atom. The number of carbonyl (C=O) groups excluding carboxylic acids is 3. The summed E-state index contributed by atoms with van der Waals surface area (Å²) in [5.41, 5.74) is 6.49. The number of carbonyl (C=O) groups is 3. The summed E-state index contributed by atoms with van der Waals surface area (Å²) in [4.78, 5) is 45.3. The zero-order valence-corrected chi connectivity index (χ0v) is 24.2. The molecule has 0 atom stereocenters. The minimum atomic E-state index is -1.12. The summed E-state index contributed by atoms with van der Waals surface area (Å²) in [5.74, 6) is -0.635. The molecule has 4 amide bonds. The third-order valence-electron chi connectivity index (χ3n) is 7.98. The number of imide groups is 1. The maximum atomic E-state index is 14.2. The first kappa shape index (κ1) is 29.0. The van der Waals surface area contributed by atoms with Gasteiger partial charge in [0.25, 0.3) is 11.8 Å². The van der Waals surface area contributed by atoms with Gasteiger partial charge in [0, 0.05) is 36.6 Å². The number of anilines is 1. The van der Waals surface area contributed by atoms with Crippen LogP contribution >= 0.6 is 11.3 Å². The topological polar surface area (TPSA) is 117 Å². The predicted molar refractivity (Wildman–Crippen MR) is 162 cm³/mol. The molecule has 1 saturated carbocycles. The summed E-state index contributed by atoms with van der Waals surface area (Å²) < 4.78 is 6.33. The molecule has 3 aromatic rings. The molecule has 218 valence electrons. The van der Waals surface area contributed by atoms with Crippen LogP contribution in [-0.2, 0) is 16.0 Å². The standard InChI is InChI=1S/C31H39N5O4S/c32-25-10-9-24-21-27(41-26(24)22-25)28(37)34-31(12-4-5-13-31)29(38)36(16-11-23-7-2-1-3-8-23)30(39)33-14-6-15-35-17-19-40-20-18-35/h1-3,7-10,21-22H,4-6,11-20,32H2,(H,33,39)(H,34,37). The number of benzene rings is 2. The number of rotatable bonds is 10. The number of amides is 4. The number of nitrogens with two attached hydrogens (primary N) is 1. The second-order valence-corrected chi connectivity index (χ2v) is 12.0. The predicted octanol–water partition coefficient (Wildman–Crippen LogP) is 4.03. The summed E-state index contributed by atoms with van der Waals surface area (Å²) in [6, 6.07) is 16.8. The lowest BCUT2D eigenvalue weighted by Crippen LogP contribution is -2.61. The number of hydrogen-bond donors (Lipinski definition) is 3. The molecule has 0 bridgehead atoms. The average molecular weight is 578 g/mol. The van der Waals surface area contributed by atoms with E-state index in [-0.39, 0.29) is 18.4 Å². The molecule has 1 aliphatic carbocycles. The number of urea groups is 1. The third kappa shape index (κ3) is 7.25. The quantitative estimate of drug-likeness (QED) is 0.248. The van der Waals surface area contributed by atoms with Crippen LogP contribution in [0.1, 0.15) is 47.3 Å². The van der Waals surface area contributed by atoms with Crippen molar-refractivity contribution in [1.29, 1.82) is 0 Å². The van der Waals surface area contributed by atoms with Gasteiger partial charge in [-0.1, -0.05) is 49.2 Å². The second-order valence-electron chi connectivity index (χ2n) is 10.9. The molecular formula is C31H39N5O4S. The Labute approximate surface area is 245 Å². The van der Waals surface area contributed by atoms with Crippen LogP contribution in [0.3, 0.4) is 0 Å². The fourth-order valence-corrected chi connectivity index (χ4v) is 6.67. The van der Waals surface area contributed by atoms with E-state index in [1.54, 1.807) is 0 Å². The van der Waals surface area contributed by atoms with E-state index in [1.165, 1.54) is 16.2 Å². The first-order chi connectivity index (χ1) is 19.9. The van der Waals surface area contributed by atoms with Crippen LogP contribution in [-0.4, -0.2) is 79.1 Å². The van der Waals surface area contributed by atoms with Crippen molar-refractivity contribution >= 4 is 45.0 Å². The van der Waals surface area contributed by atoms with Gasteiger partial charge in [-0.2, -0.15) is 0 Å². The van der Waals surface area contributed by atoms with Gasteiger partial charge in [0.05, 0.1) is 18.1 Å². The van der Waals surface area contributed by atoms with Crippen molar-refractivity contribution in [3.63, 3.8) is 0 Å². The van der Waals surface area contributed by atoms with Gasteiger partial charge >= 0.3 is 6.03 Å². The van der Waals surface area contributed by atoms with Gasteiger partial charge in [-0.3, -0.25) is 19.4 Å². The molecule has 10 heteroatoms. The van der Waals surface area contributed by atoms with E-state index in [9.17, 15) is 14.4 Å². The van der Waals surface area contributed by atoms with Gasteiger partial charge in [0.15, 0.2) is 0 Å². The largest absolute Gasteiger partial charge is 0.399 e. The Hall–Kier alpha value is -3.47. The highest BCUT2D eigenvalue weighted by molar-refractivity contribution is 7.20. The second kappa shape index (κ2) is 13.5. The van der Waals surface area contributed by atoms with Gasteiger partial charge in [-0.05, 0) is 61.4 Å². The van der Waals surface area contributed by atoms with Crippen molar-refractivity contribution in [2.75, 3.05) is 51.7 Å². The SMILES string of the molecule is Nc1ccc2cc(C(=O)NC3(C(=O)N(CCc4ccccc4)C(=O)NCCCN4CCOCC4)CCCC3)sc2c1. The zero-order valence-electron chi connectivity index (χ0n) is 23.4. The highest BCUT2D eigenvalue weighted by Crippen LogP contribution is 2.34. The summed E-state index contributed by atoms with van der Waals surface area (Å²) in [7, 11) is 0. The Bertz CT molecular complexity index is 1350. The molecule has 2 aliphatic rings. The van der Waals surface area contributed by atoms with E-state index in [0.29, 0.717) is 36.4 Å². The van der Waals surface area contributed by atoms with E-state index in [1.807, 2.05) is 54.6 Å². The fraction of sp³-hybridized carbons (Fsp3) is 0.452. The van der Waals surface area contributed by atoms with Gasteiger partial charge in [0.1, 0.15) is 5.54 Å². The minimum Gasteiger partial charge on any atom is -0.399 e. The van der Waals surface area contributed by atoms with Gasteiger partial charge < -0.3 is 21.1 Å². The average Bonchev–Trinajstić information content (AvgIpc) is 3.64. The normalized spacial score (nSPS) is 16.9. The summed E-state index contributed by atoms with van der Waals surface area (Å²) in [5, 5.41) is 6.98.